The van der Waals surface area contributed by atoms with Crippen LogP contribution in [0.3, 0.4) is 0 Å². The maximum Gasteiger partial charge on any atom is 0.250 e. The lowest BCUT2D eigenvalue weighted by atomic mass is 10.0. The summed E-state index contributed by atoms with van der Waals surface area (Å²) in [6.07, 6.45) is 2.82. The molecule has 23 heavy (non-hydrogen) atoms. The van der Waals surface area contributed by atoms with Crippen LogP contribution in [-0.2, 0) is 19.6 Å². The van der Waals surface area contributed by atoms with Gasteiger partial charge in [-0.15, -0.1) is 0 Å². The molecule has 0 spiro atoms. The third-order valence-corrected chi connectivity index (χ3v) is 6.24. The molecule has 1 N–H and O–H groups in total. The number of hydrogen-bond acceptors (Lipinski definition) is 4. The van der Waals surface area contributed by atoms with Crippen LogP contribution in [0.1, 0.15) is 33.1 Å². The summed E-state index contributed by atoms with van der Waals surface area (Å²) in [5.74, 6) is -0.276. The summed E-state index contributed by atoms with van der Waals surface area (Å²) in [6, 6.07) is 6.27. The van der Waals surface area contributed by atoms with Crippen LogP contribution in [0.4, 0.5) is 5.69 Å². The van der Waals surface area contributed by atoms with Crippen LogP contribution in [0.25, 0.3) is 0 Å². The third-order valence-electron chi connectivity index (χ3n) is 4.10. The van der Waals surface area contributed by atoms with Crippen LogP contribution in [0.5, 0.6) is 0 Å². The van der Waals surface area contributed by atoms with Gasteiger partial charge in [-0.25, -0.2) is 8.42 Å². The first-order chi connectivity index (χ1) is 10.9. The molecule has 0 aliphatic carbocycles. The summed E-state index contributed by atoms with van der Waals surface area (Å²) in [6.45, 7) is 3.86. The highest BCUT2D eigenvalue weighted by molar-refractivity contribution is 7.89. The number of piperidine rings is 1. The van der Waals surface area contributed by atoms with E-state index in [4.69, 9.17) is 4.74 Å². The van der Waals surface area contributed by atoms with E-state index >= 15 is 0 Å². The predicted octanol–water partition coefficient (Wildman–Crippen LogP) is 2.22. The number of sulfonamides is 1. The van der Waals surface area contributed by atoms with Gasteiger partial charge in [0.15, 0.2) is 0 Å². The van der Waals surface area contributed by atoms with Gasteiger partial charge in [-0.05, 0) is 51.0 Å². The van der Waals surface area contributed by atoms with Crippen molar-refractivity contribution in [2.24, 2.45) is 0 Å². The molecular formula is C16H24N2O4S. The molecule has 1 amide bonds. The number of rotatable bonds is 5. The van der Waals surface area contributed by atoms with Crippen molar-refractivity contribution in [1.29, 1.82) is 0 Å². The van der Waals surface area contributed by atoms with Crippen molar-refractivity contribution in [3.8, 4) is 0 Å². The molecule has 1 aliphatic rings. The smallest absolute Gasteiger partial charge is 0.250 e. The Balaban J connectivity index is 2.18. The third kappa shape index (κ3) is 4.10. The van der Waals surface area contributed by atoms with Gasteiger partial charge in [0.05, 0.1) is 4.90 Å². The SMILES string of the molecule is COCC(=O)Nc1ccc(S(=O)(=O)N2[C@H](C)CCC[C@H]2C)cc1. The van der Waals surface area contributed by atoms with Crippen LogP contribution in [0.15, 0.2) is 29.2 Å². The first-order valence-corrected chi connectivity index (χ1v) is 9.22. The average Bonchev–Trinajstić information content (AvgIpc) is 2.47. The van der Waals surface area contributed by atoms with Gasteiger partial charge in [0.25, 0.3) is 0 Å². The van der Waals surface area contributed by atoms with Crippen molar-refractivity contribution in [2.45, 2.75) is 50.1 Å². The first-order valence-electron chi connectivity index (χ1n) is 7.78. The van der Waals surface area contributed by atoms with E-state index in [-0.39, 0.29) is 29.5 Å². The lowest BCUT2D eigenvalue weighted by Gasteiger charge is -2.37. The summed E-state index contributed by atoms with van der Waals surface area (Å²) in [5, 5.41) is 2.65. The van der Waals surface area contributed by atoms with E-state index in [0.717, 1.165) is 19.3 Å². The molecule has 0 aromatic heterocycles. The molecule has 1 aliphatic heterocycles. The fourth-order valence-electron chi connectivity index (χ4n) is 3.03. The fraction of sp³-hybridized carbons (Fsp3) is 0.562. The molecule has 0 saturated carbocycles. The zero-order valence-electron chi connectivity index (χ0n) is 13.8. The van der Waals surface area contributed by atoms with Gasteiger partial charge >= 0.3 is 0 Å². The number of hydrogen-bond donors (Lipinski definition) is 1. The number of anilines is 1. The molecule has 7 heteroatoms. The maximum atomic E-state index is 12.9. The van der Waals surface area contributed by atoms with Crippen molar-refractivity contribution >= 4 is 21.6 Å². The Hall–Kier alpha value is -1.44. The number of amides is 1. The molecule has 2 rings (SSSR count). The largest absolute Gasteiger partial charge is 0.375 e. The Morgan fingerprint density at radius 2 is 1.78 bits per heavy atom. The summed E-state index contributed by atoms with van der Waals surface area (Å²) >= 11 is 0. The van der Waals surface area contributed by atoms with Gasteiger partial charge in [0.1, 0.15) is 6.61 Å². The quantitative estimate of drug-likeness (QED) is 0.892. The van der Waals surface area contributed by atoms with E-state index in [1.807, 2.05) is 13.8 Å². The lowest BCUT2D eigenvalue weighted by Crippen LogP contribution is -2.47. The standard InChI is InChI=1S/C16H24N2O4S/c1-12-5-4-6-13(2)18(12)23(20,21)15-9-7-14(8-10-15)17-16(19)11-22-3/h7-10,12-13H,4-6,11H2,1-3H3,(H,17,19)/t12-,13-/m1/s1. The van der Waals surface area contributed by atoms with Crippen LogP contribution in [0, 0.1) is 0 Å². The molecule has 1 saturated heterocycles. The molecule has 128 valence electrons. The highest BCUT2D eigenvalue weighted by atomic mass is 32.2. The van der Waals surface area contributed by atoms with Gasteiger partial charge in [0.2, 0.25) is 15.9 Å². The molecule has 0 bridgehead atoms. The Morgan fingerprint density at radius 3 is 2.30 bits per heavy atom. The topological polar surface area (TPSA) is 75.7 Å². The van der Waals surface area contributed by atoms with Crippen molar-refractivity contribution in [3.63, 3.8) is 0 Å². The minimum absolute atomic E-state index is 0.00447. The zero-order chi connectivity index (χ0) is 17.0. The zero-order valence-corrected chi connectivity index (χ0v) is 14.6. The maximum absolute atomic E-state index is 12.9. The highest BCUT2D eigenvalue weighted by Gasteiger charge is 2.35. The van der Waals surface area contributed by atoms with Crippen LogP contribution < -0.4 is 5.32 Å². The van der Waals surface area contributed by atoms with Gasteiger partial charge < -0.3 is 10.1 Å². The molecule has 1 heterocycles. The Labute approximate surface area is 137 Å². The van der Waals surface area contributed by atoms with Crippen molar-refractivity contribution < 1.29 is 17.9 Å². The number of carbonyl (C=O) groups is 1. The van der Waals surface area contributed by atoms with E-state index < -0.39 is 10.0 Å². The monoisotopic (exact) mass is 340 g/mol. The molecule has 0 radical (unpaired) electrons. The Kier molecular flexibility index (Phi) is 5.78. The number of nitrogens with zero attached hydrogens (tertiary/aromatic N) is 1. The Bertz CT molecular complexity index is 633. The Morgan fingerprint density at radius 1 is 1.22 bits per heavy atom. The van der Waals surface area contributed by atoms with Crippen molar-refractivity contribution in [1.82, 2.24) is 4.31 Å². The summed E-state index contributed by atoms with van der Waals surface area (Å²) in [4.78, 5) is 11.7. The molecule has 0 unspecified atom stereocenters. The minimum atomic E-state index is -3.52. The number of nitrogens with one attached hydrogen (secondary N) is 1. The second-order valence-electron chi connectivity index (χ2n) is 5.97. The highest BCUT2D eigenvalue weighted by Crippen LogP contribution is 2.29. The molecule has 2 atom stereocenters. The average molecular weight is 340 g/mol. The second-order valence-corrected chi connectivity index (χ2v) is 7.81. The molecule has 6 nitrogen and oxygen atoms in total. The van der Waals surface area contributed by atoms with E-state index in [0.29, 0.717) is 5.69 Å². The predicted molar refractivity (Wildman–Crippen MR) is 88.7 cm³/mol. The van der Waals surface area contributed by atoms with Gasteiger partial charge in [-0.2, -0.15) is 4.31 Å². The lowest BCUT2D eigenvalue weighted by molar-refractivity contribution is -0.119. The van der Waals surface area contributed by atoms with Crippen LogP contribution in [0.2, 0.25) is 0 Å². The van der Waals surface area contributed by atoms with Crippen LogP contribution >= 0.6 is 0 Å². The second kappa shape index (κ2) is 7.42. The van der Waals surface area contributed by atoms with Gasteiger partial charge in [-0.3, -0.25) is 4.79 Å². The summed E-state index contributed by atoms with van der Waals surface area (Å²) in [7, 11) is -2.08. The molecular weight excluding hydrogens is 316 g/mol. The van der Waals surface area contributed by atoms with Crippen LogP contribution in [-0.4, -0.2) is 44.4 Å². The summed E-state index contributed by atoms with van der Waals surface area (Å²) in [5.41, 5.74) is 0.547. The van der Waals surface area contributed by atoms with Gasteiger partial charge in [0, 0.05) is 24.9 Å². The van der Waals surface area contributed by atoms with E-state index in [1.165, 1.54) is 19.2 Å². The number of ether oxygens (including phenoxy) is 1. The van der Waals surface area contributed by atoms with E-state index in [9.17, 15) is 13.2 Å². The summed E-state index contributed by atoms with van der Waals surface area (Å²) < 4.78 is 32.1. The molecule has 1 aromatic rings. The first kappa shape index (κ1) is 17.9. The van der Waals surface area contributed by atoms with Crippen molar-refractivity contribution in [3.05, 3.63) is 24.3 Å². The van der Waals surface area contributed by atoms with E-state index in [1.54, 1.807) is 16.4 Å². The normalized spacial score (nSPS) is 22.7. The van der Waals surface area contributed by atoms with Gasteiger partial charge in [-0.1, -0.05) is 6.42 Å². The number of carbonyl (C=O) groups excluding carboxylic acids is 1. The van der Waals surface area contributed by atoms with E-state index in [2.05, 4.69) is 5.32 Å². The number of methoxy groups -OCH3 is 1. The number of benzene rings is 1. The molecule has 1 aromatic carbocycles. The van der Waals surface area contributed by atoms with Crippen molar-refractivity contribution in [2.75, 3.05) is 19.0 Å². The fourth-order valence-corrected chi connectivity index (χ4v) is 4.91. The molecule has 1 fully saturated rings. The minimum Gasteiger partial charge on any atom is -0.375 e.